The van der Waals surface area contributed by atoms with Crippen LogP contribution in [-0.4, -0.2) is 32.6 Å². The molecular formula is C20H23ClN2O4. The number of ether oxygens (including phenoxy) is 2. The summed E-state index contributed by atoms with van der Waals surface area (Å²) in [5, 5.41) is 5.94. The highest BCUT2D eigenvalue weighted by Gasteiger charge is 2.09. The summed E-state index contributed by atoms with van der Waals surface area (Å²) >= 11 is 6.04. The predicted molar refractivity (Wildman–Crippen MR) is 104 cm³/mol. The third-order valence-corrected chi connectivity index (χ3v) is 4.34. The van der Waals surface area contributed by atoms with E-state index in [9.17, 15) is 9.59 Å². The Hall–Kier alpha value is -2.73. The lowest BCUT2D eigenvalue weighted by molar-refractivity contribution is -0.126. The number of amides is 2. The van der Waals surface area contributed by atoms with Gasteiger partial charge < -0.3 is 20.1 Å². The standard InChI is InChI=1S/C20H23ClN2O4/c1-26-17-9-7-14(11-18(17)27-2)8-10-19(24)23-13-20(25)22-12-15-5-3-4-6-16(15)21/h3-7,9,11H,8,10,12-13H2,1-2H3,(H,22,25)(H,23,24). The maximum absolute atomic E-state index is 12.0. The number of carbonyl (C=O) groups is 2. The molecule has 0 aromatic heterocycles. The number of benzene rings is 2. The molecule has 0 fully saturated rings. The summed E-state index contributed by atoms with van der Waals surface area (Å²) in [6.07, 6.45) is 0.806. The van der Waals surface area contributed by atoms with Gasteiger partial charge in [-0.2, -0.15) is 0 Å². The van der Waals surface area contributed by atoms with Gasteiger partial charge in [-0.15, -0.1) is 0 Å². The van der Waals surface area contributed by atoms with E-state index in [-0.39, 0.29) is 24.8 Å². The lowest BCUT2D eigenvalue weighted by Crippen LogP contribution is -2.36. The van der Waals surface area contributed by atoms with E-state index < -0.39 is 0 Å². The first kappa shape index (κ1) is 20.6. The van der Waals surface area contributed by atoms with E-state index in [1.807, 2.05) is 30.3 Å². The minimum atomic E-state index is -0.269. The summed E-state index contributed by atoms with van der Waals surface area (Å²) in [5.41, 5.74) is 1.78. The summed E-state index contributed by atoms with van der Waals surface area (Å²) in [6, 6.07) is 12.8. The molecule has 0 heterocycles. The van der Waals surface area contributed by atoms with Gasteiger partial charge in [-0.1, -0.05) is 35.9 Å². The van der Waals surface area contributed by atoms with Crippen LogP contribution in [0.4, 0.5) is 0 Å². The molecule has 0 aliphatic rings. The Morgan fingerprint density at radius 3 is 2.41 bits per heavy atom. The van der Waals surface area contributed by atoms with Crippen LogP contribution in [0.2, 0.25) is 5.02 Å². The van der Waals surface area contributed by atoms with Gasteiger partial charge in [-0.3, -0.25) is 9.59 Å². The van der Waals surface area contributed by atoms with Crippen LogP contribution in [0, 0.1) is 0 Å². The van der Waals surface area contributed by atoms with Crippen molar-refractivity contribution in [2.45, 2.75) is 19.4 Å². The lowest BCUT2D eigenvalue weighted by Gasteiger charge is -2.10. The maximum atomic E-state index is 12.0. The predicted octanol–water partition coefficient (Wildman–Crippen LogP) is 2.72. The average molecular weight is 391 g/mol. The van der Waals surface area contributed by atoms with Crippen molar-refractivity contribution < 1.29 is 19.1 Å². The van der Waals surface area contributed by atoms with E-state index in [0.717, 1.165) is 11.1 Å². The van der Waals surface area contributed by atoms with Crippen LogP contribution in [0.1, 0.15) is 17.5 Å². The van der Waals surface area contributed by atoms with Crippen LogP contribution in [-0.2, 0) is 22.6 Å². The molecule has 2 aromatic carbocycles. The summed E-state index contributed by atoms with van der Waals surface area (Å²) in [7, 11) is 3.14. The normalized spacial score (nSPS) is 10.2. The highest BCUT2D eigenvalue weighted by Crippen LogP contribution is 2.27. The van der Waals surface area contributed by atoms with E-state index >= 15 is 0 Å². The number of methoxy groups -OCH3 is 2. The Bertz CT molecular complexity index is 795. The molecule has 0 saturated carbocycles. The van der Waals surface area contributed by atoms with E-state index in [1.54, 1.807) is 26.4 Å². The Morgan fingerprint density at radius 2 is 1.70 bits per heavy atom. The molecule has 6 nitrogen and oxygen atoms in total. The van der Waals surface area contributed by atoms with E-state index in [1.165, 1.54) is 0 Å². The fourth-order valence-corrected chi connectivity index (χ4v) is 2.66. The van der Waals surface area contributed by atoms with Gasteiger partial charge in [0, 0.05) is 18.0 Å². The van der Waals surface area contributed by atoms with Crippen molar-refractivity contribution in [1.82, 2.24) is 10.6 Å². The number of carbonyl (C=O) groups excluding carboxylic acids is 2. The summed E-state index contributed by atoms with van der Waals surface area (Å²) < 4.78 is 10.4. The molecule has 0 saturated heterocycles. The van der Waals surface area contributed by atoms with Crippen molar-refractivity contribution in [2.24, 2.45) is 0 Å². The zero-order valence-electron chi connectivity index (χ0n) is 15.4. The molecule has 0 unspecified atom stereocenters. The quantitative estimate of drug-likeness (QED) is 0.690. The third kappa shape index (κ3) is 6.49. The van der Waals surface area contributed by atoms with Crippen LogP contribution in [0.5, 0.6) is 11.5 Å². The largest absolute Gasteiger partial charge is 0.493 e. The van der Waals surface area contributed by atoms with Crippen molar-refractivity contribution >= 4 is 23.4 Å². The molecule has 2 aromatic rings. The fourth-order valence-electron chi connectivity index (χ4n) is 2.46. The number of hydrogen-bond acceptors (Lipinski definition) is 4. The minimum Gasteiger partial charge on any atom is -0.493 e. The molecule has 2 amide bonds. The van der Waals surface area contributed by atoms with Gasteiger partial charge in [0.1, 0.15) is 0 Å². The monoisotopic (exact) mass is 390 g/mol. The first-order chi connectivity index (χ1) is 13.0. The highest BCUT2D eigenvalue weighted by atomic mass is 35.5. The van der Waals surface area contributed by atoms with Gasteiger partial charge in [-0.05, 0) is 35.7 Å². The molecule has 27 heavy (non-hydrogen) atoms. The molecular weight excluding hydrogens is 368 g/mol. The van der Waals surface area contributed by atoms with Gasteiger partial charge in [0.15, 0.2) is 11.5 Å². The van der Waals surface area contributed by atoms with Crippen molar-refractivity contribution in [2.75, 3.05) is 20.8 Å². The number of hydrogen-bond donors (Lipinski definition) is 2. The Labute approximate surface area is 163 Å². The topological polar surface area (TPSA) is 76.7 Å². The van der Waals surface area contributed by atoms with Gasteiger partial charge >= 0.3 is 0 Å². The van der Waals surface area contributed by atoms with Crippen molar-refractivity contribution in [3.05, 3.63) is 58.6 Å². The second-order valence-electron chi connectivity index (χ2n) is 5.83. The maximum Gasteiger partial charge on any atom is 0.239 e. The van der Waals surface area contributed by atoms with Crippen molar-refractivity contribution in [3.63, 3.8) is 0 Å². The fraction of sp³-hybridized carbons (Fsp3) is 0.300. The summed E-state index contributed by atoms with van der Waals surface area (Å²) in [5.74, 6) is 0.794. The van der Waals surface area contributed by atoms with Crippen LogP contribution < -0.4 is 20.1 Å². The first-order valence-corrected chi connectivity index (χ1v) is 8.89. The van der Waals surface area contributed by atoms with Crippen molar-refractivity contribution in [3.8, 4) is 11.5 Å². The lowest BCUT2D eigenvalue weighted by atomic mass is 10.1. The molecule has 144 valence electrons. The SMILES string of the molecule is COc1ccc(CCC(=O)NCC(=O)NCc2ccccc2Cl)cc1OC. The molecule has 2 N–H and O–H groups in total. The molecule has 0 spiro atoms. The smallest absolute Gasteiger partial charge is 0.239 e. The second-order valence-corrected chi connectivity index (χ2v) is 6.24. The molecule has 7 heteroatoms. The molecule has 0 aliphatic carbocycles. The second kappa shape index (κ2) is 10.4. The minimum absolute atomic E-state index is 0.0742. The highest BCUT2D eigenvalue weighted by molar-refractivity contribution is 6.31. The van der Waals surface area contributed by atoms with E-state index in [2.05, 4.69) is 10.6 Å². The van der Waals surface area contributed by atoms with Gasteiger partial charge in [-0.25, -0.2) is 0 Å². The number of halogens is 1. The van der Waals surface area contributed by atoms with E-state index in [0.29, 0.717) is 29.5 Å². The van der Waals surface area contributed by atoms with E-state index in [4.69, 9.17) is 21.1 Å². The molecule has 0 radical (unpaired) electrons. The average Bonchev–Trinajstić information content (AvgIpc) is 2.69. The third-order valence-electron chi connectivity index (χ3n) is 3.97. The molecule has 0 aliphatic heterocycles. The van der Waals surface area contributed by atoms with Crippen LogP contribution in [0.15, 0.2) is 42.5 Å². The summed E-state index contributed by atoms with van der Waals surface area (Å²) in [4.78, 5) is 23.8. The zero-order valence-corrected chi connectivity index (χ0v) is 16.1. The number of aryl methyl sites for hydroxylation is 1. The molecule has 0 atom stereocenters. The number of nitrogens with one attached hydrogen (secondary N) is 2. The summed E-state index contributed by atoms with van der Waals surface area (Å²) in [6.45, 7) is 0.245. The van der Waals surface area contributed by atoms with Gasteiger partial charge in [0.25, 0.3) is 0 Å². The number of rotatable bonds is 9. The Kier molecular flexibility index (Phi) is 7.95. The Balaban J connectivity index is 1.73. The van der Waals surface area contributed by atoms with Crippen LogP contribution in [0.3, 0.4) is 0 Å². The molecule has 2 rings (SSSR count). The van der Waals surface area contributed by atoms with Crippen LogP contribution >= 0.6 is 11.6 Å². The van der Waals surface area contributed by atoms with Crippen molar-refractivity contribution in [1.29, 1.82) is 0 Å². The van der Waals surface area contributed by atoms with Gasteiger partial charge in [0.05, 0.1) is 20.8 Å². The molecule has 0 bridgehead atoms. The first-order valence-electron chi connectivity index (χ1n) is 8.51. The Morgan fingerprint density at radius 1 is 0.963 bits per heavy atom. The van der Waals surface area contributed by atoms with Gasteiger partial charge in [0.2, 0.25) is 11.8 Å². The zero-order chi connectivity index (χ0) is 19.6. The van der Waals surface area contributed by atoms with Crippen LogP contribution in [0.25, 0.3) is 0 Å².